The smallest absolute Gasteiger partial charge is 0.262 e. The summed E-state index contributed by atoms with van der Waals surface area (Å²) in [6.07, 6.45) is 0.938. The van der Waals surface area contributed by atoms with Crippen LogP contribution in [-0.2, 0) is 20.0 Å². The molecule has 0 aliphatic carbocycles. The number of nitrogens with zero attached hydrogens (tertiary/aromatic N) is 1. The third-order valence-electron chi connectivity index (χ3n) is 4.87. The molecule has 0 saturated heterocycles. The molecule has 1 aliphatic rings. The number of amides is 2. The highest BCUT2D eigenvalue weighted by Gasteiger charge is 2.32. The van der Waals surface area contributed by atoms with Gasteiger partial charge >= 0.3 is 0 Å². The number of carbonyl (C=O) groups excluding carboxylic acids is 2. The highest BCUT2D eigenvalue weighted by Crippen LogP contribution is 2.30. The molecule has 3 aromatic rings. The van der Waals surface area contributed by atoms with Crippen LogP contribution in [0.3, 0.4) is 0 Å². The Bertz CT molecular complexity index is 1690. The second-order valence-electron chi connectivity index (χ2n) is 7.49. The van der Waals surface area contributed by atoms with E-state index in [1.807, 2.05) is 5.32 Å². The van der Waals surface area contributed by atoms with E-state index < -0.39 is 49.0 Å². The van der Waals surface area contributed by atoms with Crippen LogP contribution in [-0.4, -0.2) is 44.6 Å². The number of fused-ring (bicyclic) bond motifs is 1. The number of anilines is 3. The van der Waals surface area contributed by atoms with Crippen LogP contribution in [0.15, 0.2) is 58.2 Å². The van der Waals surface area contributed by atoms with Gasteiger partial charge in [0.15, 0.2) is 0 Å². The molecule has 0 atom stereocenters. The first-order chi connectivity index (χ1) is 16.3. The van der Waals surface area contributed by atoms with Crippen LogP contribution in [0.25, 0.3) is 5.69 Å². The Hall–Kier alpha value is -4.37. The molecule has 182 valence electrons. The summed E-state index contributed by atoms with van der Waals surface area (Å²) in [5.41, 5.74) is 4.35. The Morgan fingerprint density at radius 1 is 0.914 bits per heavy atom. The van der Waals surface area contributed by atoms with E-state index in [4.69, 9.17) is 5.73 Å². The Balaban J connectivity index is 1.77. The number of hydrogen-bond acceptors (Lipinski definition) is 9. The Kier molecular flexibility index (Phi) is 5.53. The third-order valence-corrected chi connectivity index (χ3v) is 6.85. The van der Waals surface area contributed by atoms with Gasteiger partial charge in [-0.15, -0.1) is 0 Å². The number of nitrogens with one attached hydrogen (secondary N) is 3. The Morgan fingerprint density at radius 3 is 2.23 bits per heavy atom. The number of nitrogens with two attached hydrogens (primary N) is 1. The monoisotopic (exact) mass is 519 g/mol. The summed E-state index contributed by atoms with van der Waals surface area (Å²) in [6.45, 7) is 0. The number of carbonyl (C=O) groups is 2. The maximum atomic E-state index is 13.0. The van der Waals surface area contributed by atoms with Crippen LogP contribution < -0.4 is 26.1 Å². The number of sulfonamides is 2. The van der Waals surface area contributed by atoms with Crippen LogP contribution in [0.2, 0.25) is 0 Å². The van der Waals surface area contributed by atoms with Gasteiger partial charge in [-0.2, -0.15) is 0 Å². The molecule has 1 aliphatic heterocycles. The van der Waals surface area contributed by atoms with Gasteiger partial charge in [-0.3, -0.25) is 33.7 Å². The normalized spacial score (nSPS) is 13.3. The van der Waals surface area contributed by atoms with Crippen molar-refractivity contribution in [3.8, 4) is 11.4 Å². The second-order valence-corrected chi connectivity index (χ2v) is 10.9. The van der Waals surface area contributed by atoms with Gasteiger partial charge in [0.2, 0.25) is 10.0 Å². The first-order valence-corrected chi connectivity index (χ1v) is 13.0. The molecule has 1 aromatic heterocycles. The van der Waals surface area contributed by atoms with Crippen LogP contribution in [0.4, 0.5) is 17.2 Å². The number of imide groups is 1. The number of aromatic nitrogens is 1. The van der Waals surface area contributed by atoms with Crippen LogP contribution in [0, 0.1) is 0 Å². The maximum Gasteiger partial charge on any atom is 0.262 e. The van der Waals surface area contributed by atoms with E-state index in [2.05, 4.69) is 9.44 Å². The zero-order chi connectivity index (χ0) is 25.7. The topological polar surface area (TPSA) is 207 Å². The van der Waals surface area contributed by atoms with E-state index in [1.54, 1.807) is 0 Å². The van der Waals surface area contributed by atoms with Gasteiger partial charge in [0.25, 0.3) is 27.4 Å². The van der Waals surface area contributed by atoms with Gasteiger partial charge < -0.3 is 10.8 Å². The molecule has 0 spiro atoms. The summed E-state index contributed by atoms with van der Waals surface area (Å²) >= 11 is 0. The number of benzene rings is 2. The number of phenolic OH excluding ortho intramolecular Hbond substituents is 1. The second kappa shape index (κ2) is 8.14. The van der Waals surface area contributed by atoms with Crippen molar-refractivity contribution in [1.82, 2.24) is 9.88 Å². The minimum absolute atomic E-state index is 0.0256. The number of phenols is 1. The van der Waals surface area contributed by atoms with Crippen LogP contribution >= 0.6 is 0 Å². The molecular formula is C20H17N5O8S2. The molecule has 6 N–H and O–H groups in total. The van der Waals surface area contributed by atoms with Gasteiger partial charge in [0.05, 0.1) is 39.3 Å². The summed E-state index contributed by atoms with van der Waals surface area (Å²) in [5.74, 6) is -2.64. The standard InChI is InChI=1S/C20H17N5O8S2/c1-34(30,31)23-10-3-2-4-11(7-10)24-35(32,33)12-5-6-15(26)14(8-12)25-16(27)9-13-17(18(25)21)20(29)22-19(13)28/h2-9,23-24,26H,21H2,1H3,(H,22,28,29). The zero-order valence-corrected chi connectivity index (χ0v) is 19.4. The predicted molar refractivity (Wildman–Crippen MR) is 126 cm³/mol. The molecule has 2 aromatic carbocycles. The number of hydrogen-bond donors (Lipinski definition) is 5. The highest BCUT2D eigenvalue weighted by atomic mass is 32.2. The number of pyridine rings is 1. The molecule has 0 bridgehead atoms. The fourth-order valence-electron chi connectivity index (χ4n) is 3.45. The average molecular weight is 520 g/mol. The van der Waals surface area contributed by atoms with Gasteiger partial charge in [0.1, 0.15) is 11.6 Å². The fourth-order valence-corrected chi connectivity index (χ4v) is 5.08. The van der Waals surface area contributed by atoms with E-state index in [0.717, 1.165) is 30.5 Å². The molecule has 15 heteroatoms. The largest absolute Gasteiger partial charge is 0.506 e. The molecule has 0 fully saturated rings. The van der Waals surface area contributed by atoms with Gasteiger partial charge in [-0.05, 0) is 36.4 Å². The lowest BCUT2D eigenvalue weighted by atomic mass is 10.1. The first-order valence-electron chi connectivity index (χ1n) is 9.62. The van der Waals surface area contributed by atoms with Crippen molar-refractivity contribution < 1.29 is 31.5 Å². The first kappa shape index (κ1) is 23.8. The van der Waals surface area contributed by atoms with Crippen molar-refractivity contribution in [3.63, 3.8) is 0 Å². The molecular weight excluding hydrogens is 502 g/mol. The average Bonchev–Trinajstić information content (AvgIpc) is 3.01. The van der Waals surface area contributed by atoms with E-state index in [0.29, 0.717) is 4.57 Å². The minimum Gasteiger partial charge on any atom is -0.506 e. The number of aromatic hydroxyl groups is 1. The predicted octanol–water partition coefficient (Wildman–Crippen LogP) is 0.181. The summed E-state index contributed by atoms with van der Waals surface area (Å²) < 4.78 is 54.0. The summed E-state index contributed by atoms with van der Waals surface area (Å²) in [4.78, 5) is 36.2. The third kappa shape index (κ3) is 4.53. The summed E-state index contributed by atoms with van der Waals surface area (Å²) in [6, 6.07) is 9.34. The quantitative estimate of drug-likeness (QED) is 0.281. The number of rotatable bonds is 6. The molecule has 0 unspecified atom stereocenters. The van der Waals surface area contributed by atoms with Gasteiger partial charge in [-0.1, -0.05) is 6.07 Å². The maximum absolute atomic E-state index is 13.0. The highest BCUT2D eigenvalue weighted by molar-refractivity contribution is 7.92. The van der Waals surface area contributed by atoms with E-state index in [1.165, 1.54) is 24.3 Å². The lowest BCUT2D eigenvalue weighted by Crippen LogP contribution is -2.24. The zero-order valence-electron chi connectivity index (χ0n) is 17.8. The summed E-state index contributed by atoms with van der Waals surface area (Å²) in [7, 11) is -7.91. The van der Waals surface area contributed by atoms with Crippen molar-refractivity contribution >= 4 is 49.1 Å². The summed E-state index contributed by atoms with van der Waals surface area (Å²) in [5, 5.41) is 12.3. The van der Waals surface area contributed by atoms with Gasteiger partial charge in [0, 0.05) is 6.07 Å². The van der Waals surface area contributed by atoms with E-state index in [-0.39, 0.29) is 33.1 Å². The SMILES string of the molecule is CS(=O)(=O)Nc1cccc(NS(=O)(=O)c2ccc(O)c(-n3c(N)c4c(cc3=O)C(=O)NC4=O)c2)c1. The molecule has 2 heterocycles. The van der Waals surface area contributed by atoms with E-state index >= 15 is 0 Å². The van der Waals surface area contributed by atoms with Crippen molar-refractivity contribution in [2.75, 3.05) is 21.4 Å². The molecule has 35 heavy (non-hydrogen) atoms. The molecule has 0 radical (unpaired) electrons. The molecule has 0 saturated carbocycles. The fraction of sp³-hybridized carbons (Fsp3) is 0.0500. The van der Waals surface area contributed by atoms with E-state index in [9.17, 15) is 36.3 Å². The lowest BCUT2D eigenvalue weighted by molar-refractivity contribution is 0.0879. The lowest BCUT2D eigenvalue weighted by Gasteiger charge is -2.15. The van der Waals surface area contributed by atoms with Gasteiger partial charge in [-0.25, -0.2) is 16.8 Å². The van der Waals surface area contributed by atoms with Crippen molar-refractivity contribution in [1.29, 1.82) is 0 Å². The minimum atomic E-state index is -4.31. The number of nitrogen functional groups attached to an aromatic ring is 1. The van der Waals surface area contributed by atoms with Crippen LogP contribution in [0.1, 0.15) is 20.7 Å². The molecule has 13 nitrogen and oxygen atoms in total. The molecule has 2 amide bonds. The Labute approximate surface area is 198 Å². The van der Waals surface area contributed by atoms with Crippen molar-refractivity contribution in [3.05, 3.63) is 70.0 Å². The van der Waals surface area contributed by atoms with Crippen molar-refractivity contribution in [2.45, 2.75) is 4.90 Å². The Morgan fingerprint density at radius 2 is 1.57 bits per heavy atom. The van der Waals surface area contributed by atoms with Crippen LogP contribution in [0.5, 0.6) is 5.75 Å². The molecule has 4 rings (SSSR count). The van der Waals surface area contributed by atoms with Crippen molar-refractivity contribution in [2.24, 2.45) is 0 Å².